The van der Waals surface area contributed by atoms with Gasteiger partial charge >= 0.3 is 6.18 Å². The van der Waals surface area contributed by atoms with E-state index in [1.54, 1.807) is 0 Å². The molecular formula is C9H12F3N3O. The topological polar surface area (TPSA) is 64.9 Å². The number of alkyl halides is 3. The third-order valence-electron chi connectivity index (χ3n) is 2.98. The Morgan fingerprint density at radius 1 is 1.38 bits per heavy atom. The van der Waals surface area contributed by atoms with Crippen LogP contribution in [0.25, 0.3) is 0 Å². The third kappa shape index (κ3) is 2.04. The van der Waals surface area contributed by atoms with Crippen LogP contribution >= 0.6 is 0 Å². The summed E-state index contributed by atoms with van der Waals surface area (Å²) in [7, 11) is 0. The molecule has 2 N–H and O–H groups in total. The number of hydrogen-bond acceptors (Lipinski definition) is 4. The average molecular weight is 235 g/mol. The largest absolute Gasteiger partial charge is 0.396 e. The SMILES string of the molecule is NCC1(c2nc(CC(F)(F)F)no2)CCC1. The van der Waals surface area contributed by atoms with Crippen LogP contribution in [0.15, 0.2) is 4.52 Å². The van der Waals surface area contributed by atoms with Crippen LogP contribution in [0.5, 0.6) is 0 Å². The van der Waals surface area contributed by atoms with Gasteiger partial charge in [-0.05, 0) is 12.8 Å². The Kier molecular flexibility index (Phi) is 2.65. The molecule has 0 bridgehead atoms. The molecule has 1 fully saturated rings. The second-order valence-electron chi connectivity index (χ2n) is 4.15. The highest BCUT2D eigenvalue weighted by atomic mass is 19.4. The minimum Gasteiger partial charge on any atom is -0.339 e. The molecule has 90 valence electrons. The van der Waals surface area contributed by atoms with Crippen molar-refractivity contribution in [2.45, 2.75) is 37.3 Å². The Hall–Kier alpha value is -1.11. The summed E-state index contributed by atoms with van der Waals surface area (Å²) in [6.45, 7) is 0.334. The van der Waals surface area contributed by atoms with Gasteiger partial charge in [-0.15, -0.1) is 0 Å². The Morgan fingerprint density at radius 2 is 2.06 bits per heavy atom. The van der Waals surface area contributed by atoms with Crippen LogP contribution in [0, 0.1) is 0 Å². The Bertz CT molecular complexity index is 365. The molecule has 1 aliphatic rings. The van der Waals surface area contributed by atoms with Gasteiger partial charge in [0, 0.05) is 6.54 Å². The molecule has 1 heterocycles. The zero-order valence-electron chi connectivity index (χ0n) is 8.55. The lowest BCUT2D eigenvalue weighted by Gasteiger charge is -2.36. The number of aromatic nitrogens is 2. The van der Waals surface area contributed by atoms with Gasteiger partial charge < -0.3 is 10.3 Å². The Balaban J connectivity index is 2.13. The van der Waals surface area contributed by atoms with Crippen molar-refractivity contribution in [3.8, 4) is 0 Å². The Morgan fingerprint density at radius 3 is 2.50 bits per heavy atom. The van der Waals surface area contributed by atoms with Crippen molar-refractivity contribution < 1.29 is 17.7 Å². The molecule has 0 atom stereocenters. The first-order chi connectivity index (χ1) is 7.45. The van der Waals surface area contributed by atoms with Gasteiger partial charge in [0.05, 0.1) is 5.41 Å². The highest BCUT2D eigenvalue weighted by molar-refractivity contribution is 5.11. The van der Waals surface area contributed by atoms with Crippen molar-refractivity contribution in [1.29, 1.82) is 0 Å². The summed E-state index contributed by atoms with van der Waals surface area (Å²) in [4.78, 5) is 3.78. The van der Waals surface area contributed by atoms with Gasteiger partial charge in [-0.2, -0.15) is 18.2 Å². The molecule has 0 spiro atoms. The van der Waals surface area contributed by atoms with Crippen LogP contribution in [0.1, 0.15) is 31.0 Å². The van der Waals surface area contributed by atoms with Crippen molar-refractivity contribution in [2.24, 2.45) is 5.73 Å². The van der Waals surface area contributed by atoms with Gasteiger partial charge in [-0.3, -0.25) is 0 Å². The second kappa shape index (κ2) is 3.73. The summed E-state index contributed by atoms with van der Waals surface area (Å²) in [6.07, 6.45) is -2.86. The molecule has 0 aliphatic heterocycles. The van der Waals surface area contributed by atoms with Crippen LogP contribution in [0.2, 0.25) is 0 Å². The number of rotatable bonds is 3. The fourth-order valence-electron chi connectivity index (χ4n) is 1.83. The van der Waals surface area contributed by atoms with E-state index >= 15 is 0 Å². The maximum absolute atomic E-state index is 12.1. The molecule has 1 aliphatic carbocycles. The molecule has 1 aromatic rings. The number of halogens is 3. The summed E-state index contributed by atoms with van der Waals surface area (Å²) in [6, 6.07) is 0. The fourth-order valence-corrected chi connectivity index (χ4v) is 1.83. The monoisotopic (exact) mass is 235 g/mol. The zero-order chi connectivity index (χ0) is 11.8. The van der Waals surface area contributed by atoms with E-state index < -0.39 is 12.6 Å². The van der Waals surface area contributed by atoms with Gasteiger partial charge in [0.2, 0.25) is 5.89 Å². The van der Waals surface area contributed by atoms with E-state index in [4.69, 9.17) is 10.3 Å². The maximum Gasteiger partial charge on any atom is 0.396 e. The average Bonchev–Trinajstić information content (AvgIpc) is 2.49. The first kappa shape index (κ1) is 11.4. The molecule has 0 unspecified atom stereocenters. The van der Waals surface area contributed by atoms with E-state index in [2.05, 4.69) is 10.1 Å². The van der Waals surface area contributed by atoms with E-state index in [9.17, 15) is 13.2 Å². The van der Waals surface area contributed by atoms with Gasteiger partial charge in [0.1, 0.15) is 6.42 Å². The third-order valence-corrected chi connectivity index (χ3v) is 2.98. The van der Waals surface area contributed by atoms with Crippen LogP contribution in [-0.4, -0.2) is 22.9 Å². The summed E-state index contributed by atoms with van der Waals surface area (Å²) >= 11 is 0. The van der Waals surface area contributed by atoms with Crippen molar-refractivity contribution >= 4 is 0 Å². The van der Waals surface area contributed by atoms with Crippen LogP contribution in [0.3, 0.4) is 0 Å². The molecule has 2 rings (SSSR count). The summed E-state index contributed by atoms with van der Waals surface area (Å²) < 4.78 is 41.1. The molecule has 0 aromatic carbocycles. The number of nitrogens with two attached hydrogens (primary N) is 1. The fraction of sp³-hybridized carbons (Fsp3) is 0.778. The van der Waals surface area contributed by atoms with E-state index in [1.807, 2.05) is 0 Å². The molecule has 0 radical (unpaired) electrons. The van der Waals surface area contributed by atoms with Gasteiger partial charge in [-0.25, -0.2) is 0 Å². The first-order valence-corrected chi connectivity index (χ1v) is 5.05. The van der Waals surface area contributed by atoms with Gasteiger partial charge in [-0.1, -0.05) is 11.6 Å². The highest BCUT2D eigenvalue weighted by Crippen LogP contribution is 2.42. The summed E-state index contributed by atoms with van der Waals surface area (Å²) in [5.74, 6) is -0.0669. The van der Waals surface area contributed by atoms with Crippen LogP contribution in [-0.2, 0) is 11.8 Å². The van der Waals surface area contributed by atoms with E-state index in [-0.39, 0.29) is 17.1 Å². The van der Waals surface area contributed by atoms with Crippen LogP contribution < -0.4 is 5.73 Å². The highest BCUT2D eigenvalue weighted by Gasteiger charge is 2.43. The molecule has 1 aromatic heterocycles. The van der Waals surface area contributed by atoms with Gasteiger partial charge in [0.15, 0.2) is 5.82 Å². The quantitative estimate of drug-likeness (QED) is 0.863. The molecule has 4 nitrogen and oxygen atoms in total. The van der Waals surface area contributed by atoms with E-state index in [0.717, 1.165) is 19.3 Å². The van der Waals surface area contributed by atoms with E-state index in [1.165, 1.54) is 0 Å². The molecule has 0 amide bonds. The lowest BCUT2D eigenvalue weighted by molar-refractivity contribution is -0.128. The smallest absolute Gasteiger partial charge is 0.339 e. The van der Waals surface area contributed by atoms with E-state index in [0.29, 0.717) is 6.54 Å². The van der Waals surface area contributed by atoms with Crippen molar-refractivity contribution in [3.63, 3.8) is 0 Å². The first-order valence-electron chi connectivity index (χ1n) is 5.05. The van der Waals surface area contributed by atoms with Crippen molar-refractivity contribution in [2.75, 3.05) is 6.54 Å². The predicted octanol–water partition coefficient (Wildman–Crippen LogP) is 1.55. The standard InChI is InChI=1S/C9H12F3N3O/c10-9(11,12)4-6-14-7(16-15-6)8(5-13)2-1-3-8/h1-5,13H2. The second-order valence-corrected chi connectivity index (χ2v) is 4.15. The Labute approximate surface area is 90.0 Å². The summed E-state index contributed by atoms with van der Waals surface area (Å²) in [5.41, 5.74) is 5.21. The van der Waals surface area contributed by atoms with Crippen LogP contribution in [0.4, 0.5) is 13.2 Å². The lowest BCUT2D eigenvalue weighted by Crippen LogP contribution is -2.41. The normalized spacial score (nSPS) is 19.5. The molecule has 16 heavy (non-hydrogen) atoms. The molecule has 0 saturated heterocycles. The molecule has 7 heteroatoms. The minimum atomic E-state index is -4.31. The molecule has 1 saturated carbocycles. The van der Waals surface area contributed by atoms with Gasteiger partial charge in [0.25, 0.3) is 0 Å². The van der Waals surface area contributed by atoms with Crippen molar-refractivity contribution in [1.82, 2.24) is 10.1 Å². The maximum atomic E-state index is 12.1. The number of nitrogens with zero attached hydrogens (tertiary/aromatic N) is 2. The number of hydrogen-bond donors (Lipinski definition) is 1. The molecular weight excluding hydrogens is 223 g/mol. The van der Waals surface area contributed by atoms with Crippen molar-refractivity contribution in [3.05, 3.63) is 11.7 Å². The minimum absolute atomic E-state index is 0.250. The predicted molar refractivity (Wildman–Crippen MR) is 48.6 cm³/mol. The zero-order valence-corrected chi connectivity index (χ0v) is 8.55. The lowest BCUT2D eigenvalue weighted by atomic mass is 9.69. The summed E-state index contributed by atoms with van der Waals surface area (Å²) in [5, 5.41) is 3.34.